The van der Waals surface area contributed by atoms with Crippen molar-refractivity contribution in [3.63, 3.8) is 0 Å². The number of ether oxygens (including phenoxy) is 2. The summed E-state index contributed by atoms with van der Waals surface area (Å²) in [5, 5.41) is 3.13. The van der Waals surface area contributed by atoms with Gasteiger partial charge < -0.3 is 19.4 Å². The molecule has 0 radical (unpaired) electrons. The van der Waals surface area contributed by atoms with Crippen LogP contribution in [0, 0.1) is 5.92 Å². The normalized spacial score (nSPS) is 16.0. The van der Waals surface area contributed by atoms with Gasteiger partial charge in [0.15, 0.2) is 0 Å². The van der Waals surface area contributed by atoms with Crippen LogP contribution in [0.1, 0.15) is 30.3 Å². The molecule has 0 saturated carbocycles. The molecule has 186 valence electrons. The zero-order valence-corrected chi connectivity index (χ0v) is 20.9. The van der Waals surface area contributed by atoms with Crippen LogP contribution in [-0.4, -0.2) is 55.5 Å². The third-order valence-electron chi connectivity index (χ3n) is 6.32. The molecular formula is C25H30N4O5S. The number of benzene rings is 2. The minimum absolute atomic E-state index is 0.142. The second-order valence-electron chi connectivity index (χ2n) is 8.48. The topological polar surface area (TPSA) is 103 Å². The second-order valence-corrected chi connectivity index (χ2v) is 10.4. The first-order valence-corrected chi connectivity index (χ1v) is 12.8. The number of amides is 1. The van der Waals surface area contributed by atoms with Crippen LogP contribution in [0.4, 0.5) is 0 Å². The molecule has 1 fully saturated rings. The summed E-state index contributed by atoms with van der Waals surface area (Å²) in [5.41, 5.74) is 0.771. The first-order chi connectivity index (χ1) is 16.8. The number of imidazole rings is 1. The van der Waals surface area contributed by atoms with Crippen molar-refractivity contribution >= 4 is 15.9 Å². The number of aryl methyl sites for hydroxylation is 1. The Bertz CT molecular complexity index is 1250. The number of aromatic nitrogens is 2. The van der Waals surface area contributed by atoms with E-state index in [9.17, 15) is 13.2 Å². The highest BCUT2D eigenvalue weighted by Crippen LogP contribution is 2.31. The van der Waals surface area contributed by atoms with Gasteiger partial charge in [0.1, 0.15) is 23.4 Å². The Morgan fingerprint density at radius 2 is 1.69 bits per heavy atom. The van der Waals surface area contributed by atoms with Gasteiger partial charge in [-0.2, -0.15) is 4.31 Å². The number of sulfonamides is 1. The smallest absolute Gasteiger partial charge is 0.243 e. The number of rotatable bonds is 8. The van der Waals surface area contributed by atoms with Crippen molar-refractivity contribution in [2.24, 2.45) is 13.0 Å². The maximum Gasteiger partial charge on any atom is 0.243 e. The molecule has 3 aromatic rings. The Morgan fingerprint density at radius 3 is 2.23 bits per heavy atom. The Hall–Kier alpha value is -3.37. The van der Waals surface area contributed by atoms with Crippen molar-refractivity contribution in [2.75, 3.05) is 27.3 Å². The fraction of sp³-hybridized carbons (Fsp3) is 0.360. The lowest BCUT2D eigenvalue weighted by Gasteiger charge is -2.31. The molecule has 0 unspecified atom stereocenters. The summed E-state index contributed by atoms with van der Waals surface area (Å²) in [5.74, 6) is 1.42. The quantitative estimate of drug-likeness (QED) is 0.512. The predicted octanol–water partition coefficient (Wildman–Crippen LogP) is 2.74. The van der Waals surface area contributed by atoms with Gasteiger partial charge in [-0.1, -0.05) is 18.2 Å². The Labute approximate surface area is 205 Å². The number of carbonyl (C=O) groups is 1. The fourth-order valence-electron chi connectivity index (χ4n) is 4.31. The fourth-order valence-corrected chi connectivity index (χ4v) is 5.80. The van der Waals surface area contributed by atoms with E-state index in [1.807, 2.05) is 29.9 Å². The molecule has 1 aliphatic heterocycles. The van der Waals surface area contributed by atoms with Crippen LogP contribution in [0.3, 0.4) is 0 Å². The van der Waals surface area contributed by atoms with E-state index in [2.05, 4.69) is 10.3 Å². The summed E-state index contributed by atoms with van der Waals surface area (Å²) in [6, 6.07) is 13.3. The lowest BCUT2D eigenvalue weighted by Crippen LogP contribution is -2.44. The van der Waals surface area contributed by atoms with E-state index in [0.29, 0.717) is 30.2 Å². The summed E-state index contributed by atoms with van der Waals surface area (Å²) in [4.78, 5) is 18.1. The molecule has 4 rings (SSSR count). The zero-order valence-electron chi connectivity index (χ0n) is 20.0. The molecule has 10 heteroatoms. The van der Waals surface area contributed by atoms with Crippen LogP contribution in [-0.2, 0) is 21.9 Å². The molecule has 0 spiro atoms. The largest absolute Gasteiger partial charge is 0.497 e. The van der Waals surface area contributed by atoms with Crippen LogP contribution < -0.4 is 14.8 Å². The minimum Gasteiger partial charge on any atom is -0.497 e. The van der Waals surface area contributed by atoms with Crippen molar-refractivity contribution in [3.05, 3.63) is 72.3 Å². The maximum atomic E-state index is 13.3. The molecule has 1 aliphatic rings. The van der Waals surface area contributed by atoms with Gasteiger partial charge in [-0.15, -0.1) is 0 Å². The third-order valence-corrected chi connectivity index (χ3v) is 8.23. The van der Waals surface area contributed by atoms with Crippen LogP contribution >= 0.6 is 0 Å². The molecule has 0 bridgehead atoms. The molecule has 35 heavy (non-hydrogen) atoms. The number of nitrogens with zero attached hydrogens (tertiary/aromatic N) is 3. The van der Waals surface area contributed by atoms with Crippen molar-refractivity contribution in [1.82, 2.24) is 19.2 Å². The van der Waals surface area contributed by atoms with E-state index in [-0.39, 0.29) is 29.8 Å². The molecule has 2 aromatic carbocycles. The minimum atomic E-state index is -3.57. The number of carbonyl (C=O) groups excluding carboxylic acids is 1. The van der Waals surface area contributed by atoms with E-state index in [1.165, 1.54) is 4.31 Å². The summed E-state index contributed by atoms with van der Waals surface area (Å²) in [6.07, 6.45) is 4.37. The van der Waals surface area contributed by atoms with Gasteiger partial charge in [0.05, 0.1) is 19.1 Å². The third kappa shape index (κ3) is 5.33. The van der Waals surface area contributed by atoms with E-state index in [4.69, 9.17) is 9.47 Å². The van der Waals surface area contributed by atoms with Crippen molar-refractivity contribution in [1.29, 1.82) is 0 Å². The van der Waals surface area contributed by atoms with E-state index in [0.717, 1.165) is 5.56 Å². The van der Waals surface area contributed by atoms with E-state index in [1.54, 1.807) is 56.8 Å². The molecular weight excluding hydrogens is 468 g/mol. The van der Waals surface area contributed by atoms with E-state index >= 15 is 0 Å². The van der Waals surface area contributed by atoms with Crippen LogP contribution in [0.2, 0.25) is 0 Å². The number of hydrogen-bond donors (Lipinski definition) is 1. The molecule has 1 amide bonds. The Balaban J connectivity index is 1.51. The van der Waals surface area contributed by atoms with Gasteiger partial charge in [-0.3, -0.25) is 4.79 Å². The number of methoxy groups -OCH3 is 2. The van der Waals surface area contributed by atoms with Crippen molar-refractivity contribution < 1.29 is 22.7 Å². The van der Waals surface area contributed by atoms with Gasteiger partial charge in [-0.05, 0) is 42.7 Å². The summed E-state index contributed by atoms with van der Waals surface area (Å²) in [6.45, 7) is 0.574. The molecule has 1 saturated heterocycles. The maximum absolute atomic E-state index is 13.3. The van der Waals surface area contributed by atoms with Gasteiger partial charge in [0.2, 0.25) is 15.9 Å². The molecule has 9 nitrogen and oxygen atoms in total. The molecule has 1 atom stereocenters. The lowest BCUT2D eigenvalue weighted by molar-refractivity contribution is -0.126. The average Bonchev–Trinajstić information content (AvgIpc) is 3.32. The van der Waals surface area contributed by atoms with Crippen LogP contribution in [0.5, 0.6) is 11.5 Å². The van der Waals surface area contributed by atoms with Crippen LogP contribution in [0.25, 0.3) is 0 Å². The Kier molecular flexibility index (Phi) is 7.42. The zero-order chi connectivity index (χ0) is 25.0. The van der Waals surface area contributed by atoms with Gasteiger partial charge in [0, 0.05) is 44.5 Å². The summed E-state index contributed by atoms with van der Waals surface area (Å²) < 4.78 is 40.0. The van der Waals surface area contributed by atoms with Gasteiger partial charge in [-0.25, -0.2) is 13.4 Å². The SMILES string of the molecule is COc1cc(OC)cc([C@H](NC(=O)C2CCN(S(=O)(=O)c3ccccc3)CC2)c2nccn2C)c1. The molecule has 2 heterocycles. The molecule has 0 aliphatic carbocycles. The standard InChI is InChI=1S/C25H30N4O5S/c1-28-14-11-26-24(28)23(19-15-20(33-2)17-21(16-19)34-3)27-25(30)18-9-12-29(13-10-18)35(31,32)22-7-5-4-6-8-22/h4-8,11,14-18,23H,9-10,12-13H2,1-3H3,(H,27,30)/t23-/m0/s1. The summed E-state index contributed by atoms with van der Waals surface area (Å²) >= 11 is 0. The van der Waals surface area contributed by atoms with Gasteiger partial charge in [0.25, 0.3) is 0 Å². The van der Waals surface area contributed by atoms with E-state index < -0.39 is 16.1 Å². The molecule has 1 N–H and O–H groups in total. The van der Waals surface area contributed by atoms with Gasteiger partial charge >= 0.3 is 0 Å². The predicted molar refractivity (Wildman–Crippen MR) is 131 cm³/mol. The number of hydrogen-bond acceptors (Lipinski definition) is 6. The highest BCUT2D eigenvalue weighted by atomic mass is 32.2. The van der Waals surface area contributed by atoms with Crippen molar-refractivity contribution in [3.8, 4) is 11.5 Å². The number of nitrogens with one attached hydrogen (secondary N) is 1. The second kappa shape index (κ2) is 10.5. The van der Waals surface area contributed by atoms with Crippen molar-refractivity contribution in [2.45, 2.75) is 23.8 Å². The summed E-state index contributed by atoms with van der Waals surface area (Å²) in [7, 11) is 1.44. The Morgan fingerprint density at radius 1 is 1.06 bits per heavy atom. The highest BCUT2D eigenvalue weighted by Gasteiger charge is 2.33. The monoisotopic (exact) mass is 498 g/mol. The lowest BCUT2D eigenvalue weighted by atomic mass is 9.96. The van der Waals surface area contributed by atoms with Crippen LogP contribution in [0.15, 0.2) is 65.8 Å². The number of piperidine rings is 1. The molecule has 1 aromatic heterocycles. The highest BCUT2D eigenvalue weighted by molar-refractivity contribution is 7.89. The average molecular weight is 499 g/mol. The first kappa shape index (κ1) is 24.7. The first-order valence-electron chi connectivity index (χ1n) is 11.4.